The standard InChI is InChI=1S/C18H18F2N2O/c19-14-7-5-13(6-8-14)11-21-17(23)22-12-18(9-10-18)15-3-1-2-4-16(15)20/h1-8H,9-12H2,(H2,21,22,23). The van der Waals surface area contributed by atoms with Crippen LogP contribution in [0.5, 0.6) is 0 Å². The predicted molar refractivity (Wildman–Crippen MR) is 84.0 cm³/mol. The van der Waals surface area contributed by atoms with E-state index in [0.29, 0.717) is 18.7 Å². The number of amides is 2. The van der Waals surface area contributed by atoms with Gasteiger partial charge in [0.1, 0.15) is 11.6 Å². The van der Waals surface area contributed by atoms with Gasteiger partial charge in [-0.1, -0.05) is 30.3 Å². The van der Waals surface area contributed by atoms with E-state index >= 15 is 0 Å². The second kappa shape index (κ2) is 6.36. The van der Waals surface area contributed by atoms with Gasteiger partial charge in [-0.2, -0.15) is 0 Å². The Bertz CT molecular complexity index is 696. The second-order valence-corrected chi connectivity index (χ2v) is 5.92. The van der Waals surface area contributed by atoms with Crippen LogP contribution in [-0.4, -0.2) is 12.6 Å². The third kappa shape index (κ3) is 3.67. The molecule has 1 fully saturated rings. The number of carbonyl (C=O) groups is 1. The van der Waals surface area contributed by atoms with Crippen molar-refractivity contribution in [1.29, 1.82) is 0 Å². The van der Waals surface area contributed by atoms with Gasteiger partial charge in [0.2, 0.25) is 0 Å². The van der Waals surface area contributed by atoms with E-state index in [1.807, 2.05) is 6.07 Å². The summed E-state index contributed by atoms with van der Waals surface area (Å²) in [6, 6.07) is 12.3. The van der Waals surface area contributed by atoms with E-state index in [1.165, 1.54) is 18.2 Å². The number of benzene rings is 2. The van der Waals surface area contributed by atoms with E-state index in [0.717, 1.165) is 18.4 Å². The lowest BCUT2D eigenvalue weighted by Crippen LogP contribution is -2.39. The molecule has 0 unspecified atom stereocenters. The zero-order valence-electron chi connectivity index (χ0n) is 12.6. The summed E-state index contributed by atoms with van der Waals surface area (Å²) in [6.07, 6.45) is 1.73. The van der Waals surface area contributed by atoms with Crippen LogP contribution in [-0.2, 0) is 12.0 Å². The van der Waals surface area contributed by atoms with E-state index in [4.69, 9.17) is 0 Å². The average Bonchev–Trinajstić information content (AvgIpc) is 3.34. The van der Waals surface area contributed by atoms with Crippen LogP contribution in [0.4, 0.5) is 13.6 Å². The molecule has 0 atom stereocenters. The van der Waals surface area contributed by atoms with Crippen molar-refractivity contribution in [3.05, 3.63) is 71.3 Å². The fourth-order valence-corrected chi connectivity index (χ4v) is 2.68. The maximum absolute atomic E-state index is 13.9. The lowest BCUT2D eigenvalue weighted by molar-refractivity contribution is 0.239. The van der Waals surface area contributed by atoms with Crippen LogP contribution in [0, 0.1) is 11.6 Å². The SMILES string of the molecule is O=C(NCc1ccc(F)cc1)NCC1(c2ccccc2F)CC1. The van der Waals surface area contributed by atoms with Gasteiger partial charge in [-0.05, 0) is 42.2 Å². The Hall–Kier alpha value is -2.43. The molecule has 2 N–H and O–H groups in total. The number of nitrogens with one attached hydrogen (secondary N) is 2. The summed E-state index contributed by atoms with van der Waals surface area (Å²) in [6.45, 7) is 0.724. The van der Waals surface area contributed by atoms with Crippen LogP contribution < -0.4 is 10.6 Å². The van der Waals surface area contributed by atoms with Crippen LogP contribution in [0.3, 0.4) is 0 Å². The Morgan fingerprint density at radius 2 is 1.70 bits per heavy atom. The highest BCUT2D eigenvalue weighted by atomic mass is 19.1. The summed E-state index contributed by atoms with van der Waals surface area (Å²) < 4.78 is 26.7. The molecule has 1 aliphatic rings. The molecule has 0 heterocycles. The Morgan fingerprint density at radius 1 is 1.00 bits per heavy atom. The summed E-state index contributed by atoms with van der Waals surface area (Å²) in [5.41, 5.74) is 1.20. The minimum absolute atomic E-state index is 0.224. The van der Waals surface area contributed by atoms with Crippen molar-refractivity contribution in [3.63, 3.8) is 0 Å². The van der Waals surface area contributed by atoms with Gasteiger partial charge >= 0.3 is 6.03 Å². The second-order valence-electron chi connectivity index (χ2n) is 5.92. The van der Waals surface area contributed by atoms with Crippen molar-refractivity contribution in [2.24, 2.45) is 0 Å². The van der Waals surface area contributed by atoms with Crippen LogP contribution in [0.1, 0.15) is 24.0 Å². The summed E-state index contributed by atoms with van der Waals surface area (Å²) in [7, 11) is 0. The van der Waals surface area contributed by atoms with Crippen molar-refractivity contribution in [2.75, 3.05) is 6.54 Å². The molecular formula is C18H18F2N2O. The van der Waals surface area contributed by atoms with Crippen molar-refractivity contribution >= 4 is 6.03 Å². The lowest BCUT2D eigenvalue weighted by atomic mass is 9.95. The number of hydrogen-bond acceptors (Lipinski definition) is 1. The zero-order valence-corrected chi connectivity index (χ0v) is 12.6. The molecule has 2 amide bonds. The fourth-order valence-electron chi connectivity index (χ4n) is 2.68. The number of urea groups is 1. The molecule has 2 aromatic rings. The molecule has 23 heavy (non-hydrogen) atoms. The number of rotatable bonds is 5. The Balaban J connectivity index is 1.51. The van der Waals surface area contributed by atoms with Gasteiger partial charge in [0.15, 0.2) is 0 Å². The Labute approximate surface area is 133 Å². The predicted octanol–water partition coefficient (Wildman–Crippen LogP) is 3.50. The maximum Gasteiger partial charge on any atom is 0.315 e. The number of hydrogen-bond donors (Lipinski definition) is 2. The molecule has 0 radical (unpaired) electrons. The van der Waals surface area contributed by atoms with E-state index in [-0.39, 0.29) is 23.1 Å². The topological polar surface area (TPSA) is 41.1 Å². The summed E-state index contributed by atoms with van der Waals surface area (Å²) in [4.78, 5) is 11.9. The first-order valence-corrected chi connectivity index (χ1v) is 7.60. The third-order valence-electron chi connectivity index (χ3n) is 4.25. The molecule has 2 aromatic carbocycles. The molecule has 0 aliphatic heterocycles. The minimum atomic E-state index is -0.308. The van der Waals surface area contributed by atoms with Crippen molar-refractivity contribution in [3.8, 4) is 0 Å². The van der Waals surface area contributed by atoms with Crippen LogP contribution in [0.25, 0.3) is 0 Å². The maximum atomic E-state index is 13.9. The Kier molecular flexibility index (Phi) is 4.28. The van der Waals surface area contributed by atoms with Gasteiger partial charge in [-0.15, -0.1) is 0 Å². The van der Waals surface area contributed by atoms with Crippen LogP contribution in [0.2, 0.25) is 0 Å². The summed E-state index contributed by atoms with van der Waals surface area (Å²) in [5.74, 6) is -0.530. The van der Waals surface area contributed by atoms with Gasteiger partial charge in [0, 0.05) is 18.5 Å². The Morgan fingerprint density at radius 3 is 2.35 bits per heavy atom. The lowest BCUT2D eigenvalue weighted by Gasteiger charge is -2.17. The third-order valence-corrected chi connectivity index (χ3v) is 4.25. The molecule has 1 saturated carbocycles. The molecule has 1 aliphatic carbocycles. The minimum Gasteiger partial charge on any atom is -0.337 e. The van der Waals surface area contributed by atoms with E-state index < -0.39 is 0 Å². The molecule has 5 heteroatoms. The van der Waals surface area contributed by atoms with E-state index in [9.17, 15) is 13.6 Å². The molecule has 0 spiro atoms. The van der Waals surface area contributed by atoms with Gasteiger partial charge in [0.25, 0.3) is 0 Å². The number of carbonyl (C=O) groups excluding carboxylic acids is 1. The van der Waals surface area contributed by atoms with Crippen molar-refractivity contribution < 1.29 is 13.6 Å². The van der Waals surface area contributed by atoms with Gasteiger partial charge in [-0.3, -0.25) is 0 Å². The molecule has 0 bridgehead atoms. The van der Waals surface area contributed by atoms with Crippen LogP contribution >= 0.6 is 0 Å². The highest BCUT2D eigenvalue weighted by Crippen LogP contribution is 2.48. The van der Waals surface area contributed by atoms with Gasteiger partial charge < -0.3 is 10.6 Å². The fraction of sp³-hybridized carbons (Fsp3) is 0.278. The normalized spacial score (nSPS) is 15.0. The van der Waals surface area contributed by atoms with Crippen LogP contribution in [0.15, 0.2) is 48.5 Å². The molecule has 120 valence electrons. The molecule has 3 nitrogen and oxygen atoms in total. The number of halogens is 2. The van der Waals surface area contributed by atoms with Crippen molar-refractivity contribution in [2.45, 2.75) is 24.8 Å². The van der Waals surface area contributed by atoms with Crippen molar-refractivity contribution in [1.82, 2.24) is 10.6 Å². The highest BCUT2D eigenvalue weighted by Gasteiger charge is 2.45. The smallest absolute Gasteiger partial charge is 0.315 e. The largest absolute Gasteiger partial charge is 0.337 e. The average molecular weight is 316 g/mol. The molecular weight excluding hydrogens is 298 g/mol. The van der Waals surface area contributed by atoms with Gasteiger partial charge in [-0.25, -0.2) is 13.6 Å². The van der Waals surface area contributed by atoms with E-state index in [2.05, 4.69) is 10.6 Å². The first kappa shape index (κ1) is 15.5. The molecule has 3 rings (SSSR count). The monoisotopic (exact) mass is 316 g/mol. The first-order valence-electron chi connectivity index (χ1n) is 7.60. The summed E-state index contributed by atoms with van der Waals surface area (Å²) in [5, 5.41) is 5.52. The van der Waals surface area contributed by atoms with E-state index in [1.54, 1.807) is 24.3 Å². The molecule has 0 aromatic heterocycles. The first-order chi connectivity index (χ1) is 11.1. The highest BCUT2D eigenvalue weighted by molar-refractivity contribution is 5.74. The quantitative estimate of drug-likeness (QED) is 0.871. The van der Waals surface area contributed by atoms with Gasteiger partial charge in [0.05, 0.1) is 0 Å². The zero-order chi connectivity index (χ0) is 16.3. The molecule has 0 saturated heterocycles. The summed E-state index contributed by atoms with van der Waals surface area (Å²) >= 11 is 0.